The second kappa shape index (κ2) is 5.98. The van der Waals surface area contributed by atoms with E-state index in [1.54, 1.807) is 13.0 Å². The van der Waals surface area contributed by atoms with Crippen LogP contribution < -0.4 is 0 Å². The van der Waals surface area contributed by atoms with Crippen molar-refractivity contribution in [3.63, 3.8) is 0 Å². The van der Waals surface area contributed by atoms with Crippen LogP contribution >= 0.6 is 11.6 Å². The van der Waals surface area contributed by atoms with Crippen molar-refractivity contribution in [1.29, 1.82) is 5.26 Å². The molecule has 1 rings (SSSR count). The van der Waals surface area contributed by atoms with Crippen LogP contribution in [0.25, 0.3) is 0 Å². The Morgan fingerprint density at radius 1 is 1.61 bits per heavy atom. The van der Waals surface area contributed by atoms with Crippen molar-refractivity contribution < 1.29 is 14.5 Å². The fraction of sp³-hybridized carbons (Fsp3) is 0.273. The second-order valence-electron chi connectivity index (χ2n) is 3.24. The topological polar surface area (TPSA) is 93.2 Å². The van der Waals surface area contributed by atoms with Gasteiger partial charge in [0.15, 0.2) is 0 Å². The van der Waals surface area contributed by atoms with Crippen LogP contribution in [0.5, 0.6) is 0 Å². The normalized spacial score (nSPS) is 9.61. The molecule has 7 heteroatoms. The summed E-state index contributed by atoms with van der Waals surface area (Å²) in [5, 5.41) is 19.8. The van der Waals surface area contributed by atoms with E-state index in [9.17, 15) is 14.9 Å². The molecule has 0 aliphatic carbocycles. The van der Waals surface area contributed by atoms with Gasteiger partial charge in [0, 0.05) is 6.07 Å². The van der Waals surface area contributed by atoms with Gasteiger partial charge in [0.1, 0.15) is 0 Å². The molecule has 0 aliphatic rings. The van der Waals surface area contributed by atoms with Gasteiger partial charge in [-0.05, 0) is 13.0 Å². The summed E-state index contributed by atoms with van der Waals surface area (Å²) in [4.78, 5) is 21.7. The molecule has 0 aromatic heterocycles. The Labute approximate surface area is 108 Å². The van der Waals surface area contributed by atoms with Crippen molar-refractivity contribution in [2.75, 3.05) is 6.61 Å². The Bertz CT molecular complexity index is 537. The molecule has 0 bridgehead atoms. The van der Waals surface area contributed by atoms with Gasteiger partial charge in [-0.25, -0.2) is 4.79 Å². The van der Waals surface area contributed by atoms with Gasteiger partial charge in [-0.2, -0.15) is 5.26 Å². The Morgan fingerprint density at radius 3 is 2.72 bits per heavy atom. The summed E-state index contributed by atoms with van der Waals surface area (Å²) >= 11 is 5.58. The summed E-state index contributed by atoms with van der Waals surface area (Å²) in [6.45, 7) is 1.76. The monoisotopic (exact) mass is 268 g/mol. The number of nitro benzene ring substituents is 1. The standard InChI is InChI=1S/C11H9ClN2O4/c1-2-18-11(15)7-3-8(6-13)9(5-12)10(4-7)14(16)17/h3-4H,2,5H2,1H3. The third-order valence-corrected chi connectivity index (χ3v) is 2.46. The molecule has 0 saturated heterocycles. The van der Waals surface area contributed by atoms with Crippen molar-refractivity contribution in [2.24, 2.45) is 0 Å². The predicted octanol–water partition coefficient (Wildman–Crippen LogP) is 2.38. The molecule has 0 atom stereocenters. The molecule has 0 spiro atoms. The number of esters is 1. The van der Waals surface area contributed by atoms with Crippen molar-refractivity contribution in [3.8, 4) is 6.07 Å². The molecule has 0 aliphatic heterocycles. The molecule has 1 aromatic rings. The zero-order chi connectivity index (χ0) is 13.7. The summed E-state index contributed by atoms with van der Waals surface area (Å²) in [5.41, 5.74) is -0.291. The number of alkyl halides is 1. The van der Waals surface area contributed by atoms with Crippen LogP contribution in [0.2, 0.25) is 0 Å². The van der Waals surface area contributed by atoms with Gasteiger partial charge in [0.25, 0.3) is 5.69 Å². The van der Waals surface area contributed by atoms with Crippen molar-refractivity contribution >= 4 is 23.3 Å². The second-order valence-corrected chi connectivity index (χ2v) is 3.51. The van der Waals surface area contributed by atoms with E-state index < -0.39 is 10.9 Å². The third-order valence-electron chi connectivity index (χ3n) is 2.19. The summed E-state index contributed by atoms with van der Waals surface area (Å²) in [7, 11) is 0. The van der Waals surface area contributed by atoms with Crippen LogP contribution in [0.1, 0.15) is 28.4 Å². The van der Waals surface area contributed by atoms with Crippen molar-refractivity contribution in [2.45, 2.75) is 12.8 Å². The number of carbonyl (C=O) groups is 1. The number of hydrogen-bond acceptors (Lipinski definition) is 5. The fourth-order valence-electron chi connectivity index (χ4n) is 1.39. The number of nitriles is 1. The Hall–Kier alpha value is -2.13. The minimum absolute atomic E-state index is 0.00209. The van der Waals surface area contributed by atoms with Crippen LogP contribution in [-0.4, -0.2) is 17.5 Å². The maximum absolute atomic E-state index is 11.5. The maximum atomic E-state index is 11.5. The van der Waals surface area contributed by atoms with Gasteiger partial charge < -0.3 is 4.74 Å². The van der Waals surface area contributed by atoms with Gasteiger partial charge in [0.2, 0.25) is 0 Å². The lowest BCUT2D eigenvalue weighted by molar-refractivity contribution is -0.385. The largest absolute Gasteiger partial charge is 0.462 e. The lowest BCUT2D eigenvalue weighted by Gasteiger charge is -2.06. The van der Waals surface area contributed by atoms with E-state index in [-0.39, 0.29) is 34.9 Å². The number of carbonyl (C=O) groups excluding carboxylic acids is 1. The smallest absolute Gasteiger partial charge is 0.338 e. The van der Waals surface area contributed by atoms with Crippen molar-refractivity contribution in [3.05, 3.63) is 38.9 Å². The van der Waals surface area contributed by atoms with E-state index in [1.165, 1.54) is 6.07 Å². The van der Waals surface area contributed by atoms with E-state index in [4.69, 9.17) is 21.6 Å². The molecule has 18 heavy (non-hydrogen) atoms. The lowest BCUT2D eigenvalue weighted by Crippen LogP contribution is -2.07. The minimum Gasteiger partial charge on any atom is -0.462 e. The van der Waals surface area contributed by atoms with E-state index in [0.29, 0.717) is 0 Å². The van der Waals surface area contributed by atoms with Crippen molar-refractivity contribution in [1.82, 2.24) is 0 Å². The average Bonchev–Trinajstić information content (AvgIpc) is 2.37. The zero-order valence-corrected chi connectivity index (χ0v) is 10.2. The van der Waals surface area contributed by atoms with E-state index in [2.05, 4.69) is 0 Å². The minimum atomic E-state index is -0.710. The number of rotatable bonds is 4. The summed E-state index contributed by atoms with van der Waals surface area (Å²) in [6, 6.07) is 4.09. The molecular formula is C11H9ClN2O4. The molecule has 0 saturated carbocycles. The highest BCUT2D eigenvalue weighted by molar-refractivity contribution is 6.17. The predicted molar refractivity (Wildman–Crippen MR) is 63.3 cm³/mol. The highest BCUT2D eigenvalue weighted by atomic mass is 35.5. The van der Waals surface area contributed by atoms with E-state index in [0.717, 1.165) is 6.07 Å². The van der Waals surface area contributed by atoms with Crippen LogP contribution in [0.4, 0.5) is 5.69 Å². The third kappa shape index (κ3) is 2.76. The highest BCUT2D eigenvalue weighted by Gasteiger charge is 2.21. The molecule has 0 N–H and O–H groups in total. The van der Waals surface area contributed by atoms with Gasteiger partial charge in [-0.3, -0.25) is 10.1 Å². The van der Waals surface area contributed by atoms with E-state index in [1.807, 2.05) is 0 Å². The number of nitro groups is 1. The number of benzene rings is 1. The Morgan fingerprint density at radius 2 is 2.28 bits per heavy atom. The first-order chi connectivity index (χ1) is 8.54. The first-order valence-electron chi connectivity index (χ1n) is 4.99. The van der Waals surface area contributed by atoms with Gasteiger partial charge >= 0.3 is 5.97 Å². The van der Waals surface area contributed by atoms with Crippen LogP contribution in [0, 0.1) is 21.4 Å². The summed E-state index contributed by atoms with van der Waals surface area (Å²) in [6.07, 6.45) is 0. The fourth-order valence-corrected chi connectivity index (χ4v) is 1.67. The molecule has 0 fully saturated rings. The summed E-state index contributed by atoms with van der Waals surface area (Å²) < 4.78 is 4.73. The Kier molecular flexibility index (Phi) is 4.63. The Balaban J connectivity index is 3.42. The molecule has 0 amide bonds. The number of nitrogens with zero attached hydrogens (tertiary/aromatic N) is 2. The van der Waals surface area contributed by atoms with Crippen LogP contribution in [0.15, 0.2) is 12.1 Å². The molecule has 0 heterocycles. The first kappa shape index (κ1) is 13.9. The quantitative estimate of drug-likeness (QED) is 0.362. The summed E-state index contributed by atoms with van der Waals surface area (Å²) in [5.74, 6) is -0.888. The maximum Gasteiger partial charge on any atom is 0.338 e. The van der Waals surface area contributed by atoms with Gasteiger partial charge in [0.05, 0.1) is 40.2 Å². The lowest BCUT2D eigenvalue weighted by atomic mass is 10.0. The van der Waals surface area contributed by atoms with Gasteiger partial charge in [-0.1, -0.05) is 0 Å². The molecule has 94 valence electrons. The molecular weight excluding hydrogens is 260 g/mol. The zero-order valence-electron chi connectivity index (χ0n) is 9.47. The van der Waals surface area contributed by atoms with Gasteiger partial charge in [-0.15, -0.1) is 11.6 Å². The van der Waals surface area contributed by atoms with Crippen LogP contribution in [-0.2, 0) is 10.6 Å². The first-order valence-corrected chi connectivity index (χ1v) is 5.53. The SMILES string of the molecule is CCOC(=O)c1cc(C#N)c(CCl)c([N+](=O)[O-])c1. The van der Waals surface area contributed by atoms with E-state index >= 15 is 0 Å². The molecule has 0 unspecified atom stereocenters. The molecule has 6 nitrogen and oxygen atoms in total. The molecule has 0 radical (unpaired) electrons. The highest BCUT2D eigenvalue weighted by Crippen LogP contribution is 2.26. The van der Waals surface area contributed by atoms with Crippen LogP contribution in [0.3, 0.4) is 0 Å². The number of halogens is 1. The molecule has 1 aromatic carbocycles. The number of hydrogen-bond donors (Lipinski definition) is 0. The number of ether oxygens (including phenoxy) is 1. The average molecular weight is 269 g/mol.